The van der Waals surface area contributed by atoms with Gasteiger partial charge in [-0.15, -0.1) is 0 Å². The molecule has 0 aliphatic carbocycles. The van der Waals surface area contributed by atoms with Gasteiger partial charge in [-0.1, -0.05) is 62.3 Å². The first-order valence-corrected chi connectivity index (χ1v) is 19.0. The summed E-state index contributed by atoms with van der Waals surface area (Å²) in [4.78, 5) is 0. The van der Waals surface area contributed by atoms with Crippen LogP contribution in [-0.4, -0.2) is 70.3 Å². The first kappa shape index (κ1) is 31.4. The van der Waals surface area contributed by atoms with Crippen molar-refractivity contribution in [2.75, 3.05) is 13.2 Å². The first-order valence-electron chi connectivity index (χ1n) is 13.9. The lowest BCUT2D eigenvalue weighted by atomic mass is 9.89. The second-order valence-corrected chi connectivity index (χ2v) is 23.9. The Bertz CT molecular complexity index is 637. The molecule has 0 aromatic carbocycles. The fourth-order valence-electron chi connectivity index (χ4n) is 6.18. The summed E-state index contributed by atoms with van der Waals surface area (Å²) in [6.07, 6.45) is 1.19. The van der Waals surface area contributed by atoms with E-state index >= 15 is 0 Å². The molecular formula is C27H56O6Si2. The summed E-state index contributed by atoms with van der Waals surface area (Å²) in [6, 6.07) is 0. The molecule has 2 N–H and O–H groups in total. The topological polar surface area (TPSA) is 77.4 Å². The maximum absolute atomic E-state index is 10.8. The van der Waals surface area contributed by atoms with Crippen molar-refractivity contribution >= 4 is 16.6 Å². The highest BCUT2D eigenvalue weighted by Gasteiger charge is 2.50. The van der Waals surface area contributed by atoms with Gasteiger partial charge in [0.15, 0.2) is 22.4 Å². The van der Waals surface area contributed by atoms with Gasteiger partial charge in [0, 0.05) is 25.9 Å². The van der Waals surface area contributed by atoms with E-state index in [4.69, 9.17) is 18.3 Å². The molecule has 5 atom stereocenters. The third-order valence-corrected chi connectivity index (χ3v) is 19.5. The van der Waals surface area contributed by atoms with Gasteiger partial charge in [-0.2, -0.15) is 0 Å². The van der Waals surface area contributed by atoms with Crippen LogP contribution in [0.1, 0.15) is 94.4 Å². The second-order valence-electron chi connectivity index (χ2n) is 13.6. The van der Waals surface area contributed by atoms with Gasteiger partial charge in [0.05, 0.1) is 31.0 Å². The van der Waals surface area contributed by atoms with Crippen molar-refractivity contribution in [2.45, 2.75) is 159 Å². The summed E-state index contributed by atoms with van der Waals surface area (Å²) in [5.41, 5.74) is 1.47. The molecule has 2 aliphatic heterocycles. The van der Waals surface area contributed by atoms with Gasteiger partial charge >= 0.3 is 0 Å². The molecule has 0 radical (unpaired) electrons. The highest BCUT2D eigenvalue weighted by atomic mass is 28.4. The number of ether oxygens (including phenoxy) is 2. The van der Waals surface area contributed by atoms with Crippen LogP contribution in [0.4, 0.5) is 0 Å². The van der Waals surface area contributed by atoms with E-state index in [2.05, 4.69) is 75.4 Å². The van der Waals surface area contributed by atoms with Crippen LogP contribution in [0.5, 0.6) is 0 Å². The SMILES string of the molecule is CC(C)[Si](OC[C@H]1C[C@H](O)C[C@]2(C[C@@H](O)C[C@H](CCO[Si](C)(C)C(C)(C)C)O2)O1)(C(C)C)C(C)C. The summed E-state index contributed by atoms with van der Waals surface area (Å²) in [5, 5.41) is 21.7. The van der Waals surface area contributed by atoms with Gasteiger partial charge in [0.25, 0.3) is 0 Å². The molecule has 8 heteroatoms. The summed E-state index contributed by atoms with van der Waals surface area (Å²) >= 11 is 0. The Hall–Kier alpha value is 0.194. The monoisotopic (exact) mass is 532 g/mol. The molecule has 208 valence electrons. The lowest BCUT2D eigenvalue weighted by Crippen LogP contribution is -2.57. The van der Waals surface area contributed by atoms with Gasteiger partial charge in [0.2, 0.25) is 0 Å². The molecule has 0 unspecified atom stereocenters. The van der Waals surface area contributed by atoms with Crippen molar-refractivity contribution in [3.63, 3.8) is 0 Å². The number of hydrogen-bond acceptors (Lipinski definition) is 6. The van der Waals surface area contributed by atoms with Crippen molar-refractivity contribution in [1.29, 1.82) is 0 Å². The average molecular weight is 533 g/mol. The van der Waals surface area contributed by atoms with Gasteiger partial charge < -0.3 is 28.5 Å². The minimum Gasteiger partial charge on any atom is -0.417 e. The van der Waals surface area contributed by atoms with Gasteiger partial charge in [-0.25, -0.2) is 0 Å². The maximum atomic E-state index is 10.8. The van der Waals surface area contributed by atoms with E-state index in [0.717, 1.165) is 6.42 Å². The highest BCUT2D eigenvalue weighted by molar-refractivity contribution is 6.77. The Morgan fingerprint density at radius 1 is 0.829 bits per heavy atom. The van der Waals surface area contributed by atoms with Gasteiger partial charge in [0.1, 0.15) is 0 Å². The molecule has 2 heterocycles. The molecule has 2 aliphatic rings. The van der Waals surface area contributed by atoms with E-state index in [1.807, 2.05) is 0 Å². The molecule has 0 aromatic rings. The van der Waals surface area contributed by atoms with Crippen molar-refractivity contribution in [1.82, 2.24) is 0 Å². The molecule has 2 fully saturated rings. The first-order chi connectivity index (χ1) is 15.9. The molecule has 1 spiro atoms. The fraction of sp³-hybridized carbons (Fsp3) is 1.00. The number of aliphatic hydroxyl groups excluding tert-OH is 2. The van der Waals surface area contributed by atoms with Crippen LogP contribution >= 0.6 is 0 Å². The standard InChI is InChI=1S/C27H56O6Si2/c1-19(2)35(20(3)4,21(5)6)31-18-25-15-23(29)17-27(33-25)16-22(28)14-24(32-27)12-13-30-34(10,11)26(7,8)9/h19-25,28-29H,12-18H2,1-11H3/t22-,23-,24-,25+,27-/m0/s1. The second kappa shape index (κ2) is 11.9. The predicted molar refractivity (Wildman–Crippen MR) is 148 cm³/mol. The van der Waals surface area contributed by atoms with Crippen LogP contribution < -0.4 is 0 Å². The van der Waals surface area contributed by atoms with Gasteiger partial charge in [-0.3, -0.25) is 0 Å². The van der Waals surface area contributed by atoms with E-state index < -0.39 is 34.6 Å². The quantitative estimate of drug-likeness (QED) is 0.319. The van der Waals surface area contributed by atoms with E-state index in [1.165, 1.54) is 0 Å². The van der Waals surface area contributed by atoms with Gasteiger partial charge in [-0.05, 0) is 47.6 Å². The van der Waals surface area contributed by atoms with Crippen LogP contribution in [0.25, 0.3) is 0 Å². The Labute approximate surface area is 217 Å². The van der Waals surface area contributed by atoms with E-state index in [9.17, 15) is 10.2 Å². The normalized spacial score (nSPS) is 31.2. The Morgan fingerprint density at radius 3 is 1.74 bits per heavy atom. The third-order valence-electron chi connectivity index (χ3n) is 8.86. The zero-order valence-corrected chi connectivity index (χ0v) is 26.5. The molecule has 0 saturated carbocycles. The zero-order chi connectivity index (χ0) is 26.8. The van der Waals surface area contributed by atoms with Crippen molar-refractivity contribution in [2.24, 2.45) is 0 Å². The number of aliphatic hydroxyl groups is 2. The Balaban J connectivity index is 2.07. The van der Waals surface area contributed by atoms with E-state index in [0.29, 0.717) is 55.5 Å². The average Bonchev–Trinajstić information content (AvgIpc) is 2.65. The molecule has 2 saturated heterocycles. The van der Waals surface area contributed by atoms with Crippen molar-refractivity contribution in [3.05, 3.63) is 0 Å². The highest BCUT2D eigenvalue weighted by Crippen LogP contribution is 2.44. The predicted octanol–water partition coefficient (Wildman–Crippen LogP) is 6.37. The van der Waals surface area contributed by atoms with E-state index in [1.54, 1.807) is 0 Å². The van der Waals surface area contributed by atoms with Crippen LogP contribution in [-0.2, 0) is 18.3 Å². The molecule has 6 nitrogen and oxygen atoms in total. The third kappa shape index (κ3) is 7.62. The Kier molecular flexibility index (Phi) is 10.7. The smallest absolute Gasteiger partial charge is 0.200 e. The molecule has 0 bridgehead atoms. The zero-order valence-electron chi connectivity index (χ0n) is 24.5. The number of hydrogen-bond donors (Lipinski definition) is 2. The van der Waals surface area contributed by atoms with Crippen LogP contribution in [0.2, 0.25) is 34.8 Å². The van der Waals surface area contributed by atoms with Crippen molar-refractivity contribution in [3.8, 4) is 0 Å². The fourth-order valence-corrected chi connectivity index (χ4v) is 12.7. The molecule has 0 aromatic heterocycles. The van der Waals surface area contributed by atoms with Crippen LogP contribution in [0, 0.1) is 0 Å². The Morgan fingerprint density at radius 2 is 1.29 bits per heavy atom. The molecular weight excluding hydrogens is 476 g/mol. The minimum absolute atomic E-state index is 0.147. The molecule has 35 heavy (non-hydrogen) atoms. The lowest BCUT2D eigenvalue weighted by molar-refractivity contribution is -0.341. The number of rotatable bonds is 10. The largest absolute Gasteiger partial charge is 0.417 e. The summed E-state index contributed by atoms with van der Waals surface area (Å²) in [6.45, 7) is 26.0. The summed E-state index contributed by atoms with van der Waals surface area (Å²) in [7, 11) is -3.87. The summed E-state index contributed by atoms with van der Waals surface area (Å²) < 4.78 is 26.2. The maximum Gasteiger partial charge on any atom is 0.200 e. The van der Waals surface area contributed by atoms with E-state index in [-0.39, 0.29) is 17.2 Å². The molecule has 0 amide bonds. The van der Waals surface area contributed by atoms with Crippen molar-refractivity contribution < 1.29 is 28.5 Å². The van der Waals surface area contributed by atoms with Crippen LogP contribution in [0.15, 0.2) is 0 Å². The lowest BCUT2D eigenvalue weighted by Gasteiger charge is -2.50. The minimum atomic E-state index is -2.04. The van der Waals surface area contributed by atoms with Crippen LogP contribution in [0.3, 0.4) is 0 Å². The molecule has 2 rings (SSSR count). The summed E-state index contributed by atoms with van der Waals surface area (Å²) in [5.74, 6) is -0.956.